The average Bonchev–Trinajstić information content (AvgIpc) is 3.21. The first-order valence-electron chi connectivity index (χ1n) is 14.9. The number of aromatic nitrogens is 1. The van der Waals surface area contributed by atoms with E-state index in [1.807, 2.05) is 16.4 Å². The summed E-state index contributed by atoms with van der Waals surface area (Å²) in [6.45, 7) is 9.90. The highest BCUT2D eigenvalue weighted by atomic mass is 32.2. The van der Waals surface area contributed by atoms with Gasteiger partial charge in [0.15, 0.2) is 0 Å². The molecule has 5 rings (SSSR count). The van der Waals surface area contributed by atoms with Crippen molar-refractivity contribution in [1.29, 1.82) is 0 Å². The predicted octanol–water partition coefficient (Wildman–Crippen LogP) is 6.39. The fourth-order valence-corrected chi connectivity index (χ4v) is 8.39. The van der Waals surface area contributed by atoms with E-state index in [1.54, 1.807) is 26.8 Å². The minimum absolute atomic E-state index is 0.0966. The second-order valence-electron chi connectivity index (χ2n) is 13.5. The summed E-state index contributed by atoms with van der Waals surface area (Å²) in [5.74, 6) is 0.247. The normalized spacial score (nSPS) is 20.1. The molecule has 2 aromatic rings. The van der Waals surface area contributed by atoms with Crippen LogP contribution in [-0.2, 0) is 27.5 Å². The molecule has 42 heavy (non-hydrogen) atoms. The first kappa shape index (κ1) is 31.1. The lowest BCUT2D eigenvalue weighted by molar-refractivity contribution is -0.139. The van der Waals surface area contributed by atoms with Gasteiger partial charge in [-0.25, -0.2) is 13.1 Å². The Kier molecular flexibility index (Phi) is 8.35. The zero-order valence-corrected chi connectivity index (χ0v) is 25.8. The van der Waals surface area contributed by atoms with Crippen molar-refractivity contribution in [2.24, 2.45) is 11.3 Å². The molecule has 1 saturated carbocycles. The van der Waals surface area contributed by atoms with Gasteiger partial charge in [-0.2, -0.15) is 13.2 Å². The molecule has 7 nitrogen and oxygen atoms in total. The van der Waals surface area contributed by atoms with Crippen molar-refractivity contribution in [2.45, 2.75) is 95.8 Å². The first-order chi connectivity index (χ1) is 19.6. The van der Waals surface area contributed by atoms with E-state index < -0.39 is 32.2 Å². The lowest BCUT2D eigenvalue weighted by Crippen LogP contribution is -2.60. The van der Waals surface area contributed by atoms with Crippen LogP contribution in [0.15, 0.2) is 29.2 Å². The maximum Gasteiger partial charge on any atom is 0.417 e. The molecule has 0 unspecified atom stereocenters. The molecule has 2 saturated heterocycles. The van der Waals surface area contributed by atoms with Gasteiger partial charge >= 0.3 is 6.18 Å². The molecule has 1 aliphatic carbocycles. The lowest BCUT2D eigenvalue weighted by atomic mass is 9.73. The van der Waals surface area contributed by atoms with Gasteiger partial charge in [0.2, 0.25) is 10.0 Å². The molecule has 0 bridgehead atoms. The summed E-state index contributed by atoms with van der Waals surface area (Å²) in [4.78, 5) is 14.7. The van der Waals surface area contributed by atoms with Gasteiger partial charge in [-0.1, -0.05) is 25.3 Å². The molecule has 232 valence electrons. The number of hydrogen-bond acceptors (Lipinski definition) is 4. The van der Waals surface area contributed by atoms with Crippen LogP contribution < -0.4 is 4.72 Å². The maximum absolute atomic E-state index is 14.4. The molecule has 3 fully saturated rings. The minimum Gasteiger partial charge on any atom is -0.381 e. The van der Waals surface area contributed by atoms with Gasteiger partial charge in [-0.3, -0.25) is 4.79 Å². The summed E-state index contributed by atoms with van der Waals surface area (Å²) in [5, 5.41) is 0. The molecule has 2 aliphatic heterocycles. The van der Waals surface area contributed by atoms with Gasteiger partial charge in [-0.05, 0) is 83.1 Å². The average molecular weight is 610 g/mol. The Morgan fingerprint density at radius 1 is 1.05 bits per heavy atom. The quantitative estimate of drug-likeness (QED) is 0.412. The number of ether oxygens (including phenoxy) is 1. The van der Waals surface area contributed by atoms with Crippen molar-refractivity contribution in [3.05, 3.63) is 41.1 Å². The van der Waals surface area contributed by atoms with Crippen LogP contribution in [0, 0.1) is 18.3 Å². The van der Waals surface area contributed by atoms with Crippen molar-refractivity contribution in [3.63, 3.8) is 0 Å². The van der Waals surface area contributed by atoms with Gasteiger partial charge in [0.05, 0.1) is 16.0 Å². The Morgan fingerprint density at radius 3 is 2.29 bits per heavy atom. The number of amides is 1. The van der Waals surface area contributed by atoms with Gasteiger partial charge in [0.1, 0.15) is 0 Å². The monoisotopic (exact) mass is 609 g/mol. The largest absolute Gasteiger partial charge is 0.417 e. The van der Waals surface area contributed by atoms with Crippen molar-refractivity contribution in [3.8, 4) is 11.3 Å². The predicted molar refractivity (Wildman–Crippen MR) is 155 cm³/mol. The number of benzene rings is 1. The van der Waals surface area contributed by atoms with Gasteiger partial charge in [0.25, 0.3) is 5.91 Å². The van der Waals surface area contributed by atoms with Crippen molar-refractivity contribution < 1.29 is 31.1 Å². The number of carbonyl (C=O) groups excluding carboxylic acids is 1. The number of halogens is 3. The molecule has 1 aromatic heterocycles. The summed E-state index contributed by atoms with van der Waals surface area (Å²) in [5.41, 5.74) is -0.131. The minimum atomic E-state index is -4.90. The molecular formula is C31H42F3N3O4S. The van der Waals surface area contributed by atoms with Crippen LogP contribution in [0.4, 0.5) is 13.2 Å². The highest BCUT2D eigenvalue weighted by Gasteiger charge is 2.46. The van der Waals surface area contributed by atoms with Crippen LogP contribution in [0.25, 0.3) is 11.3 Å². The molecule has 11 heteroatoms. The highest BCUT2D eigenvalue weighted by molar-refractivity contribution is 7.89. The second-order valence-corrected chi connectivity index (χ2v) is 15.1. The van der Waals surface area contributed by atoms with E-state index in [9.17, 15) is 26.4 Å². The van der Waals surface area contributed by atoms with Gasteiger partial charge in [-0.15, -0.1) is 0 Å². The molecule has 3 heterocycles. The van der Waals surface area contributed by atoms with Gasteiger partial charge < -0.3 is 14.2 Å². The molecular weight excluding hydrogens is 567 g/mol. The van der Waals surface area contributed by atoms with Crippen LogP contribution in [0.1, 0.15) is 87.3 Å². The molecule has 1 N–H and O–H groups in total. The van der Waals surface area contributed by atoms with E-state index in [4.69, 9.17) is 4.74 Å². The number of sulfonamides is 1. The van der Waals surface area contributed by atoms with E-state index in [0.29, 0.717) is 50.0 Å². The number of nitrogens with zero attached hydrogens (tertiary/aromatic N) is 2. The van der Waals surface area contributed by atoms with Crippen LogP contribution in [0.5, 0.6) is 0 Å². The third-order valence-electron chi connectivity index (χ3n) is 8.97. The third kappa shape index (κ3) is 6.43. The Morgan fingerprint density at radius 2 is 1.69 bits per heavy atom. The Balaban J connectivity index is 1.54. The highest BCUT2D eigenvalue weighted by Crippen LogP contribution is 2.42. The van der Waals surface area contributed by atoms with Crippen LogP contribution >= 0.6 is 0 Å². The van der Waals surface area contributed by atoms with Gasteiger partial charge in [0, 0.05) is 55.2 Å². The van der Waals surface area contributed by atoms with Crippen molar-refractivity contribution >= 4 is 15.9 Å². The van der Waals surface area contributed by atoms with Crippen LogP contribution in [0.3, 0.4) is 0 Å². The summed E-state index contributed by atoms with van der Waals surface area (Å²) >= 11 is 0. The maximum atomic E-state index is 14.4. The number of hydrogen-bond donors (Lipinski definition) is 1. The number of carbonyl (C=O) groups is 1. The third-order valence-corrected chi connectivity index (χ3v) is 10.8. The summed E-state index contributed by atoms with van der Waals surface area (Å²) < 4.78 is 78.9. The molecule has 0 atom stereocenters. The van der Waals surface area contributed by atoms with E-state index in [1.165, 1.54) is 12.5 Å². The fourth-order valence-electron chi connectivity index (χ4n) is 6.77. The first-order valence-corrected chi connectivity index (χ1v) is 16.4. The lowest BCUT2D eigenvalue weighted by Gasteiger charge is -2.52. The summed E-state index contributed by atoms with van der Waals surface area (Å²) in [6, 6.07) is 5.07. The number of rotatable bonds is 6. The standard InChI is InChI=1S/C31H42F3N3O4S/c1-21-24(28(38)36-19-30(20-36)12-14-41-15-13-30)17-26(37(21)18-22-8-6-5-7-9-22)23-10-11-27(25(16-23)31(32,33)34)42(39,40)35-29(2,3)4/h10-11,16-17,22,35H,5-9,12-15,18-20H2,1-4H3. The SMILES string of the molecule is Cc1c(C(=O)N2CC3(CCOCC3)C2)cc(-c2ccc(S(=O)(=O)NC(C)(C)C)c(C(F)(F)F)c2)n1CC1CCCCC1. The molecule has 1 aromatic carbocycles. The Hall–Kier alpha value is -2.37. The van der Waals surface area contributed by atoms with Crippen molar-refractivity contribution in [2.75, 3.05) is 26.3 Å². The summed E-state index contributed by atoms with van der Waals surface area (Å²) in [6.07, 6.45) is 2.39. The van der Waals surface area contributed by atoms with Crippen molar-refractivity contribution in [1.82, 2.24) is 14.2 Å². The Labute approximate surface area is 246 Å². The smallest absolute Gasteiger partial charge is 0.381 e. The topological polar surface area (TPSA) is 80.6 Å². The zero-order chi connectivity index (χ0) is 30.5. The van der Waals surface area contributed by atoms with E-state index in [-0.39, 0.29) is 16.9 Å². The molecule has 0 radical (unpaired) electrons. The number of likely N-dealkylation sites (tertiary alicyclic amines) is 1. The molecule has 1 spiro atoms. The van der Waals surface area contributed by atoms with E-state index >= 15 is 0 Å². The summed E-state index contributed by atoms with van der Waals surface area (Å²) in [7, 11) is -4.45. The van der Waals surface area contributed by atoms with Crippen LogP contribution in [0.2, 0.25) is 0 Å². The number of nitrogens with one attached hydrogen (secondary N) is 1. The fraction of sp³-hybridized carbons (Fsp3) is 0.645. The molecule has 1 amide bonds. The number of alkyl halides is 3. The molecule has 3 aliphatic rings. The zero-order valence-electron chi connectivity index (χ0n) is 24.9. The van der Waals surface area contributed by atoms with Crippen LogP contribution in [-0.4, -0.2) is 55.6 Å². The Bertz CT molecular complexity index is 1420. The van der Waals surface area contributed by atoms with E-state index in [0.717, 1.165) is 56.4 Å². The van der Waals surface area contributed by atoms with E-state index in [2.05, 4.69) is 4.72 Å². The second kappa shape index (κ2) is 11.3.